The molecule has 0 aliphatic heterocycles. The van der Waals surface area contributed by atoms with Crippen LogP contribution in [0.5, 0.6) is 0 Å². The molecule has 0 bridgehead atoms. The van der Waals surface area contributed by atoms with E-state index in [-0.39, 0.29) is 30.4 Å². The third kappa shape index (κ3) is 4.98. The fourth-order valence-corrected chi connectivity index (χ4v) is 2.27. The summed E-state index contributed by atoms with van der Waals surface area (Å²) in [6.07, 6.45) is 0. The molecule has 0 atom stereocenters. The highest BCUT2D eigenvalue weighted by Gasteiger charge is 2.19. The third-order valence-electron chi connectivity index (χ3n) is 3.22. The van der Waals surface area contributed by atoms with Crippen molar-refractivity contribution < 1.29 is 14.6 Å². The van der Waals surface area contributed by atoms with Crippen molar-refractivity contribution in [2.75, 3.05) is 18.4 Å². The van der Waals surface area contributed by atoms with Crippen molar-refractivity contribution in [1.29, 1.82) is 0 Å². The van der Waals surface area contributed by atoms with Gasteiger partial charge in [0.25, 0.3) is 17.3 Å². The van der Waals surface area contributed by atoms with E-state index in [2.05, 4.69) is 26.6 Å². The molecule has 130 valence electrons. The number of rotatable bonds is 7. The summed E-state index contributed by atoms with van der Waals surface area (Å²) in [4.78, 5) is 32.2. The second kappa shape index (κ2) is 8.20. The maximum Gasteiger partial charge on any atom is 0.299 e. The molecule has 0 aliphatic carbocycles. The first-order valence-electron chi connectivity index (χ1n) is 7.09. The van der Waals surface area contributed by atoms with E-state index >= 15 is 0 Å². The number of benzene rings is 2. The van der Waals surface area contributed by atoms with Crippen LogP contribution in [0.4, 0.5) is 17.1 Å². The second-order valence-electron chi connectivity index (χ2n) is 4.91. The number of nitrogens with one attached hydrogen (secondary N) is 2. The number of amides is 1. The average molecular weight is 409 g/mol. The van der Waals surface area contributed by atoms with E-state index in [1.807, 2.05) is 0 Å². The SMILES string of the molecule is O=C(NCCNc1ccc([N+](=O)[O-])cc1[N+](=O)[O-])c1ccc(Br)cc1. The summed E-state index contributed by atoms with van der Waals surface area (Å²) in [5.41, 5.74) is -0.118. The van der Waals surface area contributed by atoms with Gasteiger partial charge < -0.3 is 10.6 Å². The normalized spacial score (nSPS) is 10.1. The number of nitrogens with zero attached hydrogens (tertiary/aromatic N) is 2. The minimum atomic E-state index is -0.699. The molecule has 2 aromatic rings. The Morgan fingerprint density at radius 1 is 1.00 bits per heavy atom. The van der Waals surface area contributed by atoms with E-state index in [0.29, 0.717) is 5.56 Å². The lowest BCUT2D eigenvalue weighted by atomic mass is 10.2. The number of carbonyl (C=O) groups excluding carboxylic acids is 1. The van der Waals surface area contributed by atoms with Gasteiger partial charge in [0.15, 0.2) is 0 Å². The Hall–Kier alpha value is -3.01. The fourth-order valence-electron chi connectivity index (χ4n) is 2.01. The standard InChI is InChI=1S/C15H13BrN4O5/c16-11-3-1-10(2-4-11)15(21)18-8-7-17-13-6-5-12(19(22)23)9-14(13)20(24)25/h1-6,9,17H,7-8H2,(H,18,21). The summed E-state index contributed by atoms with van der Waals surface area (Å²) >= 11 is 3.28. The first-order chi connectivity index (χ1) is 11.9. The second-order valence-corrected chi connectivity index (χ2v) is 5.82. The molecule has 2 aromatic carbocycles. The van der Waals surface area contributed by atoms with Crippen LogP contribution >= 0.6 is 15.9 Å². The highest BCUT2D eigenvalue weighted by atomic mass is 79.9. The number of hydrogen-bond donors (Lipinski definition) is 2. The Morgan fingerprint density at radius 2 is 1.68 bits per heavy atom. The van der Waals surface area contributed by atoms with Gasteiger partial charge in [0.2, 0.25) is 0 Å². The Kier molecular flexibility index (Phi) is 6.01. The monoisotopic (exact) mass is 408 g/mol. The summed E-state index contributed by atoms with van der Waals surface area (Å²) < 4.78 is 0.858. The van der Waals surface area contributed by atoms with Crippen molar-refractivity contribution in [2.24, 2.45) is 0 Å². The van der Waals surface area contributed by atoms with Crippen molar-refractivity contribution in [3.8, 4) is 0 Å². The van der Waals surface area contributed by atoms with Crippen LogP contribution in [0, 0.1) is 20.2 Å². The number of non-ortho nitro benzene ring substituents is 1. The van der Waals surface area contributed by atoms with Crippen molar-refractivity contribution in [1.82, 2.24) is 5.32 Å². The van der Waals surface area contributed by atoms with E-state index in [4.69, 9.17) is 0 Å². The molecule has 1 amide bonds. The quantitative estimate of drug-likeness (QED) is 0.411. The van der Waals surface area contributed by atoms with Crippen LogP contribution in [-0.2, 0) is 0 Å². The molecule has 2 rings (SSSR count). The molecule has 0 saturated heterocycles. The molecule has 25 heavy (non-hydrogen) atoms. The number of carbonyl (C=O) groups is 1. The molecule has 10 heteroatoms. The summed E-state index contributed by atoms with van der Waals surface area (Å²) in [6, 6.07) is 10.1. The van der Waals surface area contributed by atoms with Gasteiger partial charge in [0.05, 0.1) is 15.9 Å². The molecule has 0 aliphatic rings. The molecule has 0 saturated carbocycles. The number of nitro benzene ring substituents is 2. The minimum Gasteiger partial charge on any atom is -0.378 e. The molecule has 2 N–H and O–H groups in total. The lowest BCUT2D eigenvalue weighted by Crippen LogP contribution is -2.28. The van der Waals surface area contributed by atoms with Crippen LogP contribution in [0.25, 0.3) is 0 Å². The lowest BCUT2D eigenvalue weighted by Gasteiger charge is -2.08. The highest BCUT2D eigenvalue weighted by Crippen LogP contribution is 2.28. The van der Waals surface area contributed by atoms with Gasteiger partial charge in [0, 0.05) is 29.2 Å². The van der Waals surface area contributed by atoms with Crippen molar-refractivity contribution >= 4 is 38.9 Å². The van der Waals surface area contributed by atoms with Gasteiger partial charge in [-0.1, -0.05) is 15.9 Å². The lowest BCUT2D eigenvalue weighted by molar-refractivity contribution is -0.393. The number of nitro groups is 2. The van der Waals surface area contributed by atoms with Gasteiger partial charge in [-0.2, -0.15) is 0 Å². The van der Waals surface area contributed by atoms with Crippen molar-refractivity contribution in [3.63, 3.8) is 0 Å². The first-order valence-corrected chi connectivity index (χ1v) is 7.88. The Morgan fingerprint density at radius 3 is 2.28 bits per heavy atom. The zero-order chi connectivity index (χ0) is 18.4. The van der Waals surface area contributed by atoms with Crippen molar-refractivity contribution in [3.05, 3.63) is 72.7 Å². The minimum absolute atomic E-state index is 0.147. The molecule has 0 unspecified atom stereocenters. The summed E-state index contributed by atoms with van der Waals surface area (Å²) in [6.45, 7) is 0.448. The van der Waals surface area contributed by atoms with Gasteiger partial charge in [-0.3, -0.25) is 25.0 Å². The zero-order valence-corrected chi connectivity index (χ0v) is 14.4. The molecule has 0 spiro atoms. The Labute approximate surface area is 150 Å². The van der Waals surface area contributed by atoms with E-state index in [1.165, 1.54) is 12.1 Å². The van der Waals surface area contributed by atoms with Gasteiger partial charge in [0.1, 0.15) is 5.69 Å². The molecule has 0 radical (unpaired) electrons. The van der Waals surface area contributed by atoms with Crippen molar-refractivity contribution in [2.45, 2.75) is 0 Å². The van der Waals surface area contributed by atoms with Gasteiger partial charge >= 0.3 is 0 Å². The van der Waals surface area contributed by atoms with Crippen LogP contribution in [0.2, 0.25) is 0 Å². The maximum atomic E-state index is 11.9. The summed E-state index contributed by atoms with van der Waals surface area (Å²) in [7, 11) is 0. The number of anilines is 1. The van der Waals surface area contributed by atoms with Gasteiger partial charge in [-0.25, -0.2) is 0 Å². The molecule has 0 fully saturated rings. The van der Waals surface area contributed by atoms with E-state index in [1.54, 1.807) is 24.3 Å². The number of hydrogen-bond acceptors (Lipinski definition) is 6. The Bertz CT molecular complexity index is 810. The predicted octanol–water partition coefficient (Wildman–Crippen LogP) is 3.11. The van der Waals surface area contributed by atoms with Crippen LogP contribution < -0.4 is 10.6 Å². The topological polar surface area (TPSA) is 127 Å². The molecule has 9 nitrogen and oxygen atoms in total. The molecular weight excluding hydrogens is 396 g/mol. The smallest absolute Gasteiger partial charge is 0.299 e. The molecule has 0 heterocycles. The maximum absolute atomic E-state index is 11.9. The largest absolute Gasteiger partial charge is 0.378 e. The van der Waals surface area contributed by atoms with E-state index < -0.39 is 15.5 Å². The van der Waals surface area contributed by atoms with Gasteiger partial charge in [-0.15, -0.1) is 0 Å². The van der Waals surface area contributed by atoms with Gasteiger partial charge in [-0.05, 0) is 30.3 Å². The third-order valence-corrected chi connectivity index (χ3v) is 3.75. The summed E-state index contributed by atoms with van der Waals surface area (Å²) in [5.74, 6) is -0.271. The van der Waals surface area contributed by atoms with Crippen LogP contribution in [-0.4, -0.2) is 28.8 Å². The van der Waals surface area contributed by atoms with E-state index in [0.717, 1.165) is 10.5 Å². The molecular formula is C15H13BrN4O5. The zero-order valence-electron chi connectivity index (χ0n) is 12.8. The average Bonchev–Trinajstić information content (AvgIpc) is 2.58. The first kappa shape index (κ1) is 18.3. The van der Waals surface area contributed by atoms with Crippen LogP contribution in [0.3, 0.4) is 0 Å². The predicted molar refractivity (Wildman–Crippen MR) is 94.7 cm³/mol. The number of halogens is 1. The fraction of sp³-hybridized carbons (Fsp3) is 0.133. The summed E-state index contributed by atoms with van der Waals surface area (Å²) in [5, 5.41) is 27.2. The van der Waals surface area contributed by atoms with Crippen LogP contribution in [0.1, 0.15) is 10.4 Å². The van der Waals surface area contributed by atoms with Crippen LogP contribution in [0.15, 0.2) is 46.9 Å². The highest BCUT2D eigenvalue weighted by molar-refractivity contribution is 9.10. The molecule has 0 aromatic heterocycles. The Balaban J connectivity index is 1.93. The van der Waals surface area contributed by atoms with E-state index in [9.17, 15) is 25.0 Å².